The molecule has 1 fully saturated rings. The van der Waals surface area contributed by atoms with Gasteiger partial charge in [0.1, 0.15) is 16.9 Å². The number of hydrogen-bond acceptors (Lipinski definition) is 5. The molecule has 1 saturated heterocycles. The third kappa shape index (κ3) is 4.71. The van der Waals surface area contributed by atoms with Gasteiger partial charge in [0.2, 0.25) is 5.91 Å². The molecule has 0 aliphatic carbocycles. The average molecular weight is 389 g/mol. The highest BCUT2D eigenvalue weighted by molar-refractivity contribution is 6.31. The van der Waals surface area contributed by atoms with Gasteiger partial charge in [-0.1, -0.05) is 17.7 Å². The molecule has 0 radical (unpaired) electrons. The Morgan fingerprint density at radius 3 is 2.78 bits per heavy atom. The minimum Gasteiger partial charge on any atom is -0.493 e. The van der Waals surface area contributed by atoms with E-state index in [1.807, 2.05) is 12.1 Å². The van der Waals surface area contributed by atoms with E-state index in [1.165, 1.54) is 0 Å². The molecule has 0 bridgehead atoms. The predicted molar refractivity (Wildman–Crippen MR) is 103 cm³/mol. The second kappa shape index (κ2) is 8.77. The maximum Gasteiger partial charge on any atom is 0.246 e. The summed E-state index contributed by atoms with van der Waals surface area (Å²) >= 11 is 6.07. The molecule has 3 rings (SSSR count). The lowest BCUT2D eigenvalue weighted by Gasteiger charge is -2.16. The van der Waals surface area contributed by atoms with E-state index in [9.17, 15) is 4.79 Å². The molecule has 1 amide bonds. The number of carbonyl (C=O) groups is 1. The number of methoxy groups -OCH3 is 2. The molecule has 0 saturated carbocycles. The number of halogens is 1. The maximum absolute atomic E-state index is 12.5. The van der Waals surface area contributed by atoms with Crippen LogP contribution in [0.2, 0.25) is 5.02 Å². The summed E-state index contributed by atoms with van der Waals surface area (Å²) in [4.78, 5) is 18.2. The molecule has 0 N–H and O–H groups in total. The van der Waals surface area contributed by atoms with Crippen LogP contribution in [0.5, 0.6) is 17.2 Å². The van der Waals surface area contributed by atoms with Crippen LogP contribution in [0.4, 0.5) is 0 Å². The van der Waals surface area contributed by atoms with Gasteiger partial charge in [-0.15, -0.1) is 0 Å². The van der Waals surface area contributed by atoms with E-state index >= 15 is 0 Å². The molecule has 1 aliphatic rings. The summed E-state index contributed by atoms with van der Waals surface area (Å²) in [6.45, 7) is 1.16. The Bertz CT molecular complexity index is 840. The highest BCUT2D eigenvalue weighted by Crippen LogP contribution is 2.28. The van der Waals surface area contributed by atoms with E-state index in [0.717, 1.165) is 12.0 Å². The topological polar surface area (TPSA) is 60.9 Å². The Balaban J connectivity index is 1.59. The van der Waals surface area contributed by atoms with Crippen molar-refractivity contribution in [3.8, 4) is 17.2 Å². The fourth-order valence-electron chi connectivity index (χ4n) is 2.89. The van der Waals surface area contributed by atoms with Crippen LogP contribution in [0.3, 0.4) is 0 Å². The zero-order valence-corrected chi connectivity index (χ0v) is 16.0. The van der Waals surface area contributed by atoms with Crippen LogP contribution in [-0.4, -0.2) is 49.2 Å². The molecule has 1 atom stereocenters. The molecule has 0 unspecified atom stereocenters. The minimum absolute atomic E-state index is 0.0586. The number of benzene rings is 1. The summed E-state index contributed by atoms with van der Waals surface area (Å²) < 4.78 is 16.4. The average Bonchev–Trinajstić information content (AvgIpc) is 3.16. The van der Waals surface area contributed by atoms with Gasteiger partial charge >= 0.3 is 0 Å². The molecule has 1 aromatic carbocycles. The summed E-state index contributed by atoms with van der Waals surface area (Å²) in [5.41, 5.74) is 0.858. The smallest absolute Gasteiger partial charge is 0.246 e. The largest absolute Gasteiger partial charge is 0.493 e. The molecular weight excluding hydrogens is 368 g/mol. The number of likely N-dealkylation sites (tertiary alicyclic amines) is 1. The van der Waals surface area contributed by atoms with Crippen LogP contribution in [0, 0.1) is 0 Å². The molecule has 6 nitrogen and oxygen atoms in total. The van der Waals surface area contributed by atoms with Crippen LogP contribution in [-0.2, 0) is 4.79 Å². The summed E-state index contributed by atoms with van der Waals surface area (Å²) in [6, 6.07) is 7.22. The minimum atomic E-state index is -0.0802. The van der Waals surface area contributed by atoms with E-state index in [0.29, 0.717) is 35.4 Å². The highest BCUT2D eigenvalue weighted by atomic mass is 35.5. The van der Waals surface area contributed by atoms with Crippen molar-refractivity contribution < 1.29 is 19.0 Å². The zero-order valence-electron chi connectivity index (χ0n) is 15.2. The Morgan fingerprint density at radius 2 is 2.04 bits per heavy atom. The number of nitrogens with zero attached hydrogens (tertiary/aromatic N) is 2. The Kier molecular flexibility index (Phi) is 6.19. The van der Waals surface area contributed by atoms with Crippen LogP contribution in [0.25, 0.3) is 6.08 Å². The van der Waals surface area contributed by atoms with Crippen LogP contribution >= 0.6 is 11.6 Å². The fraction of sp³-hybridized carbons (Fsp3) is 0.300. The fourth-order valence-corrected chi connectivity index (χ4v) is 3.06. The maximum atomic E-state index is 12.5. The van der Waals surface area contributed by atoms with E-state index in [2.05, 4.69) is 4.98 Å². The third-order valence-corrected chi connectivity index (χ3v) is 4.60. The van der Waals surface area contributed by atoms with Gasteiger partial charge in [0.05, 0.1) is 20.8 Å². The van der Waals surface area contributed by atoms with Gasteiger partial charge < -0.3 is 19.1 Å². The first-order chi connectivity index (χ1) is 13.1. The molecule has 27 heavy (non-hydrogen) atoms. The van der Waals surface area contributed by atoms with Crippen LogP contribution in [0.15, 0.2) is 42.7 Å². The van der Waals surface area contributed by atoms with E-state index in [-0.39, 0.29) is 12.0 Å². The number of amides is 1. The number of hydrogen-bond donors (Lipinski definition) is 0. The van der Waals surface area contributed by atoms with Gasteiger partial charge in [0, 0.05) is 37.5 Å². The quantitative estimate of drug-likeness (QED) is 0.709. The van der Waals surface area contributed by atoms with Gasteiger partial charge in [-0.2, -0.15) is 0 Å². The molecule has 142 valence electrons. The zero-order chi connectivity index (χ0) is 19.2. The SMILES string of the molecule is COc1ccc(/C=C/C(=O)N2CC[C@H](Oc3ccncc3Cl)C2)cc1OC. The molecular formula is C20H21ClN2O4. The Morgan fingerprint density at radius 1 is 1.22 bits per heavy atom. The number of pyridine rings is 1. The Hall–Kier alpha value is -2.73. The monoisotopic (exact) mass is 388 g/mol. The van der Waals surface area contributed by atoms with Gasteiger partial charge in [0.25, 0.3) is 0 Å². The third-order valence-electron chi connectivity index (χ3n) is 4.31. The second-order valence-corrected chi connectivity index (χ2v) is 6.47. The molecule has 2 aromatic rings. The van der Waals surface area contributed by atoms with Gasteiger partial charge in [-0.05, 0) is 23.8 Å². The summed E-state index contributed by atoms with van der Waals surface area (Å²) in [5.74, 6) is 1.80. The molecule has 1 aliphatic heterocycles. The normalized spacial score (nSPS) is 16.6. The van der Waals surface area contributed by atoms with Crippen molar-refractivity contribution in [2.24, 2.45) is 0 Å². The number of aromatic nitrogens is 1. The first-order valence-corrected chi connectivity index (χ1v) is 8.93. The molecule has 7 heteroatoms. The van der Waals surface area contributed by atoms with E-state index in [4.69, 9.17) is 25.8 Å². The summed E-state index contributed by atoms with van der Waals surface area (Å²) in [5, 5.41) is 0.468. The lowest BCUT2D eigenvalue weighted by atomic mass is 10.2. The number of ether oxygens (including phenoxy) is 3. The first-order valence-electron chi connectivity index (χ1n) is 8.56. The number of carbonyl (C=O) groups excluding carboxylic acids is 1. The van der Waals surface area contributed by atoms with E-state index in [1.54, 1.807) is 55.8 Å². The lowest BCUT2D eigenvalue weighted by molar-refractivity contribution is -0.125. The lowest BCUT2D eigenvalue weighted by Crippen LogP contribution is -2.29. The van der Waals surface area contributed by atoms with Crippen molar-refractivity contribution in [3.63, 3.8) is 0 Å². The first kappa shape index (κ1) is 19.0. The van der Waals surface area contributed by atoms with Crippen molar-refractivity contribution >= 4 is 23.6 Å². The van der Waals surface area contributed by atoms with Crippen LogP contribution in [0.1, 0.15) is 12.0 Å². The standard InChI is InChI=1S/C20H21ClN2O4/c1-25-18-5-3-14(11-19(18)26-2)4-6-20(24)23-10-8-15(13-23)27-17-7-9-22-12-16(17)21/h3-7,9,11-12,15H,8,10,13H2,1-2H3/b6-4+/t15-/m0/s1. The van der Waals surface area contributed by atoms with Crippen molar-refractivity contribution in [1.29, 1.82) is 0 Å². The van der Waals surface area contributed by atoms with Crippen molar-refractivity contribution in [1.82, 2.24) is 9.88 Å². The summed E-state index contributed by atoms with van der Waals surface area (Å²) in [6.07, 6.45) is 7.17. The second-order valence-electron chi connectivity index (χ2n) is 6.07. The number of rotatable bonds is 6. The van der Waals surface area contributed by atoms with Gasteiger partial charge in [-0.3, -0.25) is 9.78 Å². The molecule has 0 spiro atoms. The Labute approximate surface area is 163 Å². The van der Waals surface area contributed by atoms with Crippen molar-refractivity contribution in [2.75, 3.05) is 27.3 Å². The summed E-state index contributed by atoms with van der Waals surface area (Å²) in [7, 11) is 3.16. The highest BCUT2D eigenvalue weighted by Gasteiger charge is 2.27. The molecule has 1 aromatic heterocycles. The van der Waals surface area contributed by atoms with Gasteiger partial charge in [-0.25, -0.2) is 0 Å². The van der Waals surface area contributed by atoms with Gasteiger partial charge in [0.15, 0.2) is 11.5 Å². The van der Waals surface area contributed by atoms with Crippen molar-refractivity contribution in [3.05, 3.63) is 53.3 Å². The molecule has 2 heterocycles. The van der Waals surface area contributed by atoms with Crippen molar-refractivity contribution in [2.45, 2.75) is 12.5 Å². The van der Waals surface area contributed by atoms with Crippen LogP contribution < -0.4 is 14.2 Å². The predicted octanol–water partition coefficient (Wildman–Crippen LogP) is 3.45. The van der Waals surface area contributed by atoms with E-state index < -0.39 is 0 Å².